The SMILES string of the molecule is OCC(c1cccnc1)c1cccnc1F. The summed E-state index contributed by atoms with van der Waals surface area (Å²) in [7, 11) is 0. The molecule has 0 fully saturated rings. The van der Waals surface area contributed by atoms with Crippen molar-refractivity contribution in [3.05, 3.63) is 59.9 Å². The molecule has 0 amide bonds. The summed E-state index contributed by atoms with van der Waals surface area (Å²) >= 11 is 0. The van der Waals surface area contributed by atoms with Crippen LogP contribution in [0.2, 0.25) is 0 Å². The van der Waals surface area contributed by atoms with E-state index >= 15 is 0 Å². The highest BCUT2D eigenvalue weighted by Crippen LogP contribution is 2.24. The number of hydrogen-bond acceptors (Lipinski definition) is 3. The van der Waals surface area contributed by atoms with E-state index in [9.17, 15) is 9.50 Å². The average Bonchev–Trinajstić information content (AvgIpc) is 2.34. The van der Waals surface area contributed by atoms with Crippen molar-refractivity contribution < 1.29 is 9.50 Å². The van der Waals surface area contributed by atoms with E-state index in [0.717, 1.165) is 5.56 Å². The standard InChI is InChI=1S/C12H11FN2O/c13-12-10(4-2-6-15-12)11(8-16)9-3-1-5-14-7-9/h1-7,11,16H,8H2. The smallest absolute Gasteiger partial charge is 0.216 e. The van der Waals surface area contributed by atoms with Crippen molar-refractivity contribution in [1.82, 2.24) is 9.97 Å². The molecule has 0 aliphatic carbocycles. The summed E-state index contributed by atoms with van der Waals surface area (Å²) in [5.41, 5.74) is 1.16. The fraction of sp³-hybridized carbons (Fsp3) is 0.167. The highest BCUT2D eigenvalue weighted by Gasteiger charge is 2.17. The van der Waals surface area contributed by atoms with Gasteiger partial charge in [0.05, 0.1) is 6.61 Å². The number of halogens is 1. The first kappa shape index (κ1) is 10.7. The third kappa shape index (κ3) is 2.06. The summed E-state index contributed by atoms with van der Waals surface area (Å²) in [5, 5.41) is 9.34. The molecular weight excluding hydrogens is 207 g/mol. The number of aliphatic hydroxyl groups excluding tert-OH is 1. The molecule has 16 heavy (non-hydrogen) atoms. The van der Waals surface area contributed by atoms with Gasteiger partial charge in [-0.15, -0.1) is 0 Å². The number of pyridine rings is 2. The van der Waals surface area contributed by atoms with Crippen LogP contribution in [0.15, 0.2) is 42.9 Å². The molecule has 3 nitrogen and oxygen atoms in total. The monoisotopic (exact) mass is 218 g/mol. The van der Waals surface area contributed by atoms with Gasteiger partial charge >= 0.3 is 0 Å². The van der Waals surface area contributed by atoms with Gasteiger partial charge in [-0.25, -0.2) is 4.98 Å². The van der Waals surface area contributed by atoms with Gasteiger partial charge in [0.1, 0.15) is 0 Å². The van der Waals surface area contributed by atoms with Crippen molar-refractivity contribution in [2.24, 2.45) is 0 Å². The number of hydrogen-bond donors (Lipinski definition) is 1. The second-order valence-electron chi connectivity index (χ2n) is 3.40. The van der Waals surface area contributed by atoms with Crippen LogP contribution in [0, 0.1) is 5.95 Å². The Morgan fingerprint density at radius 3 is 2.69 bits per heavy atom. The zero-order chi connectivity index (χ0) is 11.4. The molecule has 2 aromatic heterocycles. The lowest BCUT2D eigenvalue weighted by atomic mass is 9.94. The van der Waals surface area contributed by atoms with E-state index in [-0.39, 0.29) is 6.61 Å². The van der Waals surface area contributed by atoms with Crippen LogP contribution < -0.4 is 0 Å². The van der Waals surface area contributed by atoms with Gasteiger partial charge in [-0.05, 0) is 17.7 Å². The van der Waals surface area contributed by atoms with E-state index in [1.165, 1.54) is 6.20 Å². The fourth-order valence-electron chi connectivity index (χ4n) is 1.62. The van der Waals surface area contributed by atoms with Crippen LogP contribution in [-0.2, 0) is 0 Å². The van der Waals surface area contributed by atoms with Crippen LogP contribution in [0.3, 0.4) is 0 Å². The highest BCUT2D eigenvalue weighted by molar-refractivity contribution is 5.29. The average molecular weight is 218 g/mol. The van der Waals surface area contributed by atoms with Gasteiger partial charge < -0.3 is 5.11 Å². The number of aliphatic hydroxyl groups is 1. The van der Waals surface area contributed by atoms with Gasteiger partial charge in [0.2, 0.25) is 5.95 Å². The van der Waals surface area contributed by atoms with E-state index in [2.05, 4.69) is 9.97 Å². The summed E-state index contributed by atoms with van der Waals surface area (Å²) in [6.45, 7) is -0.172. The van der Waals surface area contributed by atoms with Crippen LogP contribution >= 0.6 is 0 Å². The van der Waals surface area contributed by atoms with E-state index < -0.39 is 11.9 Å². The van der Waals surface area contributed by atoms with Gasteiger partial charge in [-0.1, -0.05) is 12.1 Å². The predicted molar refractivity (Wildman–Crippen MR) is 57.4 cm³/mol. The number of aromatic nitrogens is 2. The Morgan fingerprint density at radius 2 is 2.06 bits per heavy atom. The van der Waals surface area contributed by atoms with Crippen molar-refractivity contribution >= 4 is 0 Å². The van der Waals surface area contributed by atoms with Gasteiger partial charge in [-0.2, -0.15) is 4.39 Å². The Balaban J connectivity index is 2.41. The van der Waals surface area contributed by atoms with E-state index in [0.29, 0.717) is 5.56 Å². The molecule has 0 saturated carbocycles. The van der Waals surface area contributed by atoms with Crippen LogP contribution in [0.1, 0.15) is 17.0 Å². The summed E-state index contributed by atoms with van der Waals surface area (Å²) < 4.78 is 13.5. The van der Waals surface area contributed by atoms with Gasteiger partial charge in [0.15, 0.2) is 0 Å². The van der Waals surface area contributed by atoms with Crippen molar-refractivity contribution in [1.29, 1.82) is 0 Å². The molecule has 0 bridgehead atoms. The number of nitrogens with zero attached hydrogens (tertiary/aromatic N) is 2. The van der Waals surface area contributed by atoms with Gasteiger partial charge in [-0.3, -0.25) is 4.98 Å². The van der Waals surface area contributed by atoms with Crippen molar-refractivity contribution in [2.45, 2.75) is 5.92 Å². The third-order valence-electron chi connectivity index (χ3n) is 2.43. The molecule has 0 spiro atoms. The molecule has 2 aromatic rings. The molecule has 82 valence electrons. The zero-order valence-electron chi connectivity index (χ0n) is 8.55. The van der Waals surface area contributed by atoms with Crippen LogP contribution in [0.5, 0.6) is 0 Å². The molecule has 4 heteroatoms. The van der Waals surface area contributed by atoms with E-state index in [1.807, 2.05) is 0 Å². The maximum atomic E-state index is 13.5. The Bertz CT molecular complexity index is 462. The van der Waals surface area contributed by atoms with Crippen molar-refractivity contribution in [3.63, 3.8) is 0 Å². The van der Waals surface area contributed by atoms with Crippen LogP contribution in [0.4, 0.5) is 4.39 Å². The molecule has 0 saturated heterocycles. The third-order valence-corrected chi connectivity index (χ3v) is 2.43. The normalized spacial score (nSPS) is 12.4. The molecule has 0 aliphatic rings. The van der Waals surface area contributed by atoms with Crippen molar-refractivity contribution in [2.75, 3.05) is 6.61 Å². The second-order valence-corrected chi connectivity index (χ2v) is 3.40. The quantitative estimate of drug-likeness (QED) is 0.798. The van der Waals surface area contributed by atoms with Crippen molar-refractivity contribution in [3.8, 4) is 0 Å². The molecule has 0 aliphatic heterocycles. The first-order valence-electron chi connectivity index (χ1n) is 4.94. The van der Waals surface area contributed by atoms with Gasteiger partial charge in [0, 0.05) is 30.1 Å². The molecule has 2 heterocycles. The summed E-state index contributed by atoms with van der Waals surface area (Å²) in [6.07, 6.45) is 4.64. The lowest BCUT2D eigenvalue weighted by Gasteiger charge is -2.14. The number of rotatable bonds is 3. The lowest BCUT2D eigenvalue weighted by Crippen LogP contribution is -2.09. The fourth-order valence-corrected chi connectivity index (χ4v) is 1.62. The Hall–Kier alpha value is -1.81. The minimum Gasteiger partial charge on any atom is -0.395 e. The highest BCUT2D eigenvalue weighted by atomic mass is 19.1. The maximum Gasteiger partial charge on any atom is 0.216 e. The minimum atomic E-state index is -0.551. The molecule has 1 atom stereocenters. The first-order chi connectivity index (χ1) is 7.83. The topological polar surface area (TPSA) is 46.0 Å². The first-order valence-corrected chi connectivity index (χ1v) is 4.94. The Kier molecular flexibility index (Phi) is 3.22. The molecule has 0 aromatic carbocycles. The second kappa shape index (κ2) is 4.81. The summed E-state index contributed by atoms with van der Waals surface area (Å²) in [5.74, 6) is -0.965. The molecule has 1 N–H and O–H groups in total. The molecular formula is C12H11FN2O. The van der Waals surface area contributed by atoms with Gasteiger partial charge in [0.25, 0.3) is 0 Å². The largest absolute Gasteiger partial charge is 0.395 e. The van der Waals surface area contributed by atoms with E-state index in [4.69, 9.17) is 0 Å². The predicted octanol–water partition coefficient (Wildman–Crippen LogP) is 1.74. The minimum absolute atomic E-state index is 0.172. The van der Waals surface area contributed by atoms with E-state index in [1.54, 1.807) is 36.7 Å². The Morgan fingerprint density at radius 1 is 1.25 bits per heavy atom. The summed E-state index contributed by atoms with van der Waals surface area (Å²) in [4.78, 5) is 7.53. The Labute approximate surface area is 92.6 Å². The lowest BCUT2D eigenvalue weighted by molar-refractivity contribution is 0.277. The molecule has 2 rings (SSSR count). The summed E-state index contributed by atoms with van der Waals surface area (Å²) in [6, 6.07) is 6.83. The van der Waals surface area contributed by atoms with Crippen LogP contribution in [-0.4, -0.2) is 21.7 Å². The maximum absolute atomic E-state index is 13.5. The van der Waals surface area contributed by atoms with Crippen LogP contribution in [0.25, 0.3) is 0 Å². The zero-order valence-corrected chi connectivity index (χ0v) is 8.55. The molecule has 1 unspecified atom stereocenters. The molecule has 0 radical (unpaired) electrons.